The van der Waals surface area contributed by atoms with Gasteiger partial charge in [0.25, 0.3) is 0 Å². The van der Waals surface area contributed by atoms with E-state index in [0.29, 0.717) is 5.56 Å². The predicted molar refractivity (Wildman–Crippen MR) is 64.9 cm³/mol. The maximum absolute atomic E-state index is 13.1. The standard InChI is InChI=1S/C13H16FN3/c1-10-7-11(3-4-13(10)14)8-15-9-12-5-6-17(2)16-12/h3-7,15H,8-9H2,1-2H3. The largest absolute Gasteiger partial charge is 0.307 e. The first-order chi connectivity index (χ1) is 8.15. The lowest BCUT2D eigenvalue weighted by Crippen LogP contribution is -2.13. The Labute approximate surface area is 100 Å². The van der Waals surface area contributed by atoms with Crippen LogP contribution in [0.15, 0.2) is 30.5 Å². The van der Waals surface area contributed by atoms with Gasteiger partial charge in [-0.05, 0) is 30.2 Å². The molecule has 0 aliphatic heterocycles. The van der Waals surface area contributed by atoms with Crippen molar-refractivity contribution >= 4 is 0 Å². The molecule has 0 amide bonds. The third-order valence-corrected chi connectivity index (χ3v) is 2.63. The maximum Gasteiger partial charge on any atom is 0.126 e. The van der Waals surface area contributed by atoms with Crippen molar-refractivity contribution in [2.24, 2.45) is 7.05 Å². The molecular weight excluding hydrogens is 217 g/mol. The average molecular weight is 233 g/mol. The summed E-state index contributed by atoms with van der Waals surface area (Å²) in [4.78, 5) is 0. The van der Waals surface area contributed by atoms with Gasteiger partial charge in [0.05, 0.1) is 5.69 Å². The summed E-state index contributed by atoms with van der Waals surface area (Å²) in [5.41, 5.74) is 2.77. The first-order valence-corrected chi connectivity index (χ1v) is 5.59. The van der Waals surface area contributed by atoms with E-state index >= 15 is 0 Å². The number of nitrogens with zero attached hydrogens (tertiary/aromatic N) is 2. The molecule has 90 valence electrons. The summed E-state index contributed by atoms with van der Waals surface area (Å²) in [5.74, 6) is -0.154. The summed E-state index contributed by atoms with van der Waals surface area (Å²) in [6.07, 6.45) is 1.92. The van der Waals surface area contributed by atoms with Crippen LogP contribution in [-0.4, -0.2) is 9.78 Å². The molecule has 1 N–H and O–H groups in total. The van der Waals surface area contributed by atoms with Crippen LogP contribution in [-0.2, 0) is 20.1 Å². The summed E-state index contributed by atoms with van der Waals surface area (Å²) in [7, 11) is 1.90. The van der Waals surface area contributed by atoms with E-state index in [9.17, 15) is 4.39 Å². The summed E-state index contributed by atoms with van der Waals surface area (Å²) < 4.78 is 14.8. The van der Waals surface area contributed by atoms with Gasteiger partial charge in [-0.25, -0.2) is 4.39 Å². The molecule has 4 heteroatoms. The van der Waals surface area contributed by atoms with E-state index in [2.05, 4.69) is 10.4 Å². The normalized spacial score (nSPS) is 10.8. The lowest BCUT2D eigenvalue weighted by Gasteiger charge is -2.04. The van der Waals surface area contributed by atoms with E-state index < -0.39 is 0 Å². The quantitative estimate of drug-likeness (QED) is 0.877. The smallest absolute Gasteiger partial charge is 0.126 e. The average Bonchev–Trinajstić information content (AvgIpc) is 2.70. The number of hydrogen-bond acceptors (Lipinski definition) is 2. The van der Waals surface area contributed by atoms with Crippen LogP contribution in [0.25, 0.3) is 0 Å². The van der Waals surface area contributed by atoms with Crippen molar-refractivity contribution in [2.75, 3.05) is 0 Å². The fourth-order valence-corrected chi connectivity index (χ4v) is 1.71. The SMILES string of the molecule is Cc1cc(CNCc2ccn(C)n2)ccc1F. The van der Waals surface area contributed by atoms with E-state index in [0.717, 1.165) is 24.3 Å². The van der Waals surface area contributed by atoms with Crippen molar-refractivity contribution in [1.82, 2.24) is 15.1 Å². The minimum Gasteiger partial charge on any atom is -0.307 e. The molecular formula is C13H16FN3. The van der Waals surface area contributed by atoms with Crippen molar-refractivity contribution in [3.8, 4) is 0 Å². The molecule has 0 bridgehead atoms. The van der Waals surface area contributed by atoms with Crippen LogP contribution in [0.1, 0.15) is 16.8 Å². The van der Waals surface area contributed by atoms with Crippen LogP contribution < -0.4 is 5.32 Å². The molecule has 0 unspecified atom stereocenters. The Hall–Kier alpha value is -1.68. The van der Waals surface area contributed by atoms with Gasteiger partial charge in [-0.1, -0.05) is 12.1 Å². The third-order valence-electron chi connectivity index (χ3n) is 2.63. The molecule has 0 aliphatic carbocycles. The van der Waals surface area contributed by atoms with Crippen LogP contribution in [0.5, 0.6) is 0 Å². The van der Waals surface area contributed by atoms with Gasteiger partial charge in [0, 0.05) is 26.3 Å². The minimum atomic E-state index is -0.154. The fraction of sp³-hybridized carbons (Fsp3) is 0.308. The van der Waals surface area contributed by atoms with Crippen molar-refractivity contribution in [3.63, 3.8) is 0 Å². The van der Waals surface area contributed by atoms with Crippen molar-refractivity contribution in [1.29, 1.82) is 0 Å². The van der Waals surface area contributed by atoms with E-state index in [4.69, 9.17) is 0 Å². The number of halogens is 1. The Kier molecular flexibility index (Phi) is 3.54. The van der Waals surface area contributed by atoms with Gasteiger partial charge in [-0.15, -0.1) is 0 Å². The summed E-state index contributed by atoms with van der Waals surface area (Å²) in [6, 6.07) is 7.14. The first-order valence-electron chi connectivity index (χ1n) is 5.59. The second-order valence-corrected chi connectivity index (χ2v) is 4.17. The monoisotopic (exact) mass is 233 g/mol. The molecule has 3 nitrogen and oxygen atoms in total. The second kappa shape index (κ2) is 5.10. The van der Waals surface area contributed by atoms with Crippen LogP contribution >= 0.6 is 0 Å². The lowest BCUT2D eigenvalue weighted by atomic mass is 10.1. The number of hydrogen-bond donors (Lipinski definition) is 1. The zero-order valence-electron chi connectivity index (χ0n) is 10.1. The highest BCUT2D eigenvalue weighted by Crippen LogP contribution is 2.09. The number of aromatic nitrogens is 2. The van der Waals surface area contributed by atoms with Gasteiger partial charge in [0.2, 0.25) is 0 Å². The number of nitrogens with one attached hydrogen (secondary N) is 1. The zero-order chi connectivity index (χ0) is 12.3. The highest BCUT2D eigenvalue weighted by atomic mass is 19.1. The van der Waals surface area contributed by atoms with Crippen LogP contribution in [0, 0.1) is 12.7 Å². The predicted octanol–water partition coefficient (Wildman–Crippen LogP) is 2.16. The van der Waals surface area contributed by atoms with Gasteiger partial charge in [-0.2, -0.15) is 5.10 Å². The molecule has 0 saturated carbocycles. The zero-order valence-corrected chi connectivity index (χ0v) is 10.1. The highest BCUT2D eigenvalue weighted by molar-refractivity contribution is 5.23. The van der Waals surface area contributed by atoms with Crippen molar-refractivity contribution in [3.05, 3.63) is 53.1 Å². The third kappa shape index (κ3) is 3.14. The molecule has 2 rings (SSSR count). The molecule has 0 aliphatic rings. The molecule has 1 aromatic carbocycles. The van der Waals surface area contributed by atoms with Gasteiger partial charge in [0.1, 0.15) is 5.82 Å². The molecule has 0 saturated heterocycles. The molecule has 17 heavy (non-hydrogen) atoms. The molecule has 1 heterocycles. The molecule has 0 radical (unpaired) electrons. The van der Waals surface area contributed by atoms with Gasteiger partial charge in [0.15, 0.2) is 0 Å². The Morgan fingerprint density at radius 1 is 1.29 bits per heavy atom. The molecule has 0 atom stereocenters. The summed E-state index contributed by atoms with van der Waals surface area (Å²) in [5, 5.41) is 7.55. The molecule has 0 spiro atoms. The number of aryl methyl sites for hydroxylation is 2. The molecule has 0 fully saturated rings. The Morgan fingerprint density at radius 2 is 2.12 bits per heavy atom. The summed E-state index contributed by atoms with van der Waals surface area (Å²) in [6.45, 7) is 3.21. The van der Waals surface area contributed by atoms with E-state index in [1.807, 2.05) is 25.4 Å². The van der Waals surface area contributed by atoms with Crippen molar-refractivity contribution in [2.45, 2.75) is 20.0 Å². The number of benzene rings is 1. The van der Waals surface area contributed by atoms with Gasteiger partial charge in [-0.3, -0.25) is 4.68 Å². The maximum atomic E-state index is 13.1. The second-order valence-electron chi connectivity index (χ2n) is 4.17. The number of rotatable bonds is 4. The topological polar surface area (TPSA) is 29.9 Å². The fourth-order valence-electron chi connectivity index (χ4n) is 1.71. The van der Waals surface area contributed by atoms with E-state index in [1.165, 1.54) is 6.07 Å². The molecule has 2 aromatic rings. The van der Waals surface area contributed by atoms with Crippen LogP contribution in [0.3, 0.4) is 0 Å². The Balaban J connectivity index is 1.87. The van der Waals surface area contributed by atoms with E-state index in [1.54, 1.807) is 17.7 Å². The Morgan fingerprint density at radius 3 is 2.76 bits per heavy atom. The Bertz CT molecular complexity index is 505. The minimum absolute atomic E-state index is 0.154. The highest BCUT2D eigenvalue weighted by Gasteiger charge is 2.00. The van der Waals surface area contributed by atoms with Crippen LogP contribution in [0.2, 0.25) is 0 Å². The summed E-state index contributed by atoms with van der Waals surface area (Å²) >= 11 is 0. The first kappa shape index (κ1) is 11.8. The van der Waals surface area contributed by atoms with Gasteiger partial charge < -0.3 is 5.32 Å². The molecule has 1 aromatic heterocycles. The van der Waals surface area contributed by atoms with Crippen LogP contribution in [0.4, 0.5) is 4.39 Å². The lowest BCUT2D eigenvalue weighted by molar-refractivity contribution is 0.614. The van der Waals surface area contributed by atoms with Crippen molar-refractivity contribution < 1.29 is 4.39 Å². The van der Waals surface area contributed by atoms with Gasteiger partial charge >= 0.3 is 0 Å². The van der Waals surface area contributed by atoms with E-state index in [-0.39, 0.29) is 5.82 Å².